The molecule has 0 atom stereocenters. The molecule has 0 unspecified atom stereocenters. The van der Waals surface area contributed by atoms with Gasteiger partial charge in [-0.2, -0.15) is 0 Å². The molecule has 0 radical (unpaired) electrons. The standard InChI is InChI=1S/C12H16BrCl/c1-9-6-11(14)5-4-10(9)7-12(2,3)8-13/h4-6H,7-8H2,1-3H3. The van der Waals surface area contributed by atoms with Crippen molar-refractivity contribution in [3.63, 3.8) is 0 Å². The van der Waals surface area contributed by atoms with Gasteiger partial charge in [-0.25, -0.2) is 0 Å². The summed E-state index contributed by atoms with van der Waals surface area (Å²) in [6.07, 6.45) is 1.08. The van der Waals surface area contributed by atoms with E-state index in [9.17, 15) is 0 Å². The van der Waals surface area contributed by atoms with E-state index < -0.39 is 0 Å². The predicted octanol–water partition coefficient (Wildman–Crippen LogP) is 4.61. The molecule has 0 N–H and O–H groups in total. The highest BCUT2D eigenvalue weighted by Gasteiger charge is 2.17. The van der Waals surface area contributed by atoms with Crippen LogP contribution in [0, 0.1) is 12.3 Å². The number of rotatable bonds is 3. The van der Waals surface area contributed by atoms with Crippen LogP contribution in [0.25, 0.3) is 0 Å². The Kier molecular flexibility index (Phi) is 4.03. The fourth-order valence-electron chi connectivity index (χ4n) is 1.42. The molecular formula is C12H16BrCl. The van der Waals surface area contributed by atoms with Gasteiger partial charge in [-0.05, 0) is 42.0 Å². The van der Waals surface area contributed by atoms with Crippen LogP contribution in [0.2, 0.25) is 5.02 Å². The molecule has 0 saturated heterocycles. The molecule has 2 heteroatoms. The van der Waals surface area contributed by atoms with E-state index in [0.717, 1.165) is 16.8 Å². The number of hydrogen-bond acceptors (Lipinski definition) is 0. The van der Waals surface area contributed by atoms with Crippen LogP contribution in [-0.4, -0.2) is 5.33 Å². The molecule has 0 amide bonds. The first-order valence-corrected chi connectivity index (χ1v) is 6.25. The van der Waals surface area contributed by atoms with Crippen molar-refractivity contribution in [2.24, 2.45) is 5.41 Å². The molecule has 78 valence electrons. The van der Waals surface area contributed by atoms with Crippen molar-refractivity contribution in [3.05, 3.63) is 34.3 Å². The second-order valence-electron chi connectivity index (χ2n) is 4.55. The monoisotopic (exact) mass is 274 g/mol. The molecule has 0 aliphatic carbocycles. The Hall–Kier alpha value is -0.0100. The minimum atomic E-state index is 0.304. The van der Waals surface area contributed by atoms with E-state index in [4.69, 9.17) is 11.6 Å². The summed E-state index contributed by atoms with van der Waals surface area (Å²) < 4.78 is 0. The molecule has 0 heterocycles. The topological polar surface area (TPSA) is 0 Å². The molecule has 1 aromatic carbocycles. The van der Waals surface area contributed by atoms with E-state index in [1.165, 1.54) is 11.1 Å². The predicted molar refractivity (Wildman–Crippen MR) is 67.5 cm³/mol. The van der Waals surface area contributed by atoms with E-state index in [-0.39, 0.29) is 0 Å². The molecule has 0 aromatic heterocycles. The molecule has 1 aromatic rings. The van der Waals surface area contributed by atoms with Crippen molar-refractivity contribution in [2.75, 3.05) is 5.33 Å². The van der Waals surface area contributed by atoms with Crippen molar-refractivity contribution < 1.29 is 0 Å². The average Bonchev–Trinajstić information content (AvgIpc) is 2.10. The number of aryl methyl sites for hydroxylation is 1. The van der Waals surface area contributed by atoms with Gasteiger partial charge in [0.25, 0.3) is 0 Å². The first-order valence-electron chi connectivity index (χ1n) is 4.75. The molecule has 14 heavy (non-hydrogen) atoms. The summed E-state index contributed by atoms with van der Waals surface area (Å²) in [6.45, 7) is 6.64. The van der Waals surface area contributed by atoms with E-state index in [2.05, 4.69) is 42.8 Å². The Morgan fingerprint density at radius 2 is 2.00 bits per heavy atom. The Morgan fingerprint density at radius 1 is 1.36 bits per heavy atom. The van der Waals surface area contributed by atoms with Crippen LogP contribution in [0.3, 0.4) is 0 Å². The fraction of sp³-hybridized carbons (Fsp3) is 0.500. The summed E-state index contributed by atoms with van der Waals surface area (Å²) >= 11 is 9.45. The molecule has 0 fully saturated rings. The lowest BCUT2D eigenvalue weighted by Gasteiger charge is -2.22. The normalized spacial score (nSPS) is 11.8. The van der Waals surface area contributed by atoms with Gasteiger partial charge in [0.05, 0.1) is 0 Å². The maximum absolute atomic E-state index is 5.91. The Labute approximate surface area is 99.8 Å². The van der Waals surface area contributed by atoms with Crippen molar-refractivity contribution in [1.29, 1.82) is 0 Å². The lowest BCUT2D eigenvalue weighted by atomic mass is 9.86. The zero-order valence-corrected chi connectivity index (χ0v) is 11.2. The van der Waals surface area contributed by atoms with Gasteiger partial charge >= 0.3 is 0 Å². The smallest absolute Gasteiger partial charge is 0.0408 e. The number of benzene rings is 1. The average molecular weight is 276 g/mol. The molecule has 0 nitrogen and oxygen atoms in total. The Balaban J connectivity index is 2.87. The third kappa shape index (κ3) is 3.29. The molecule has 0 bridgehead atoms. The van der Waals surface area contributed by atoms with Crippen LogP contribution in [0.4, 0.5) is 0 Å². The largest absolute Gasteiger partial charge is 0.0922 e. The van der Waals surface area contributed by atoms with Crippen molar-refractivity contribution >= 4 is 27.5 Å². The van der Waals surface area contributed by atoms with Crippen LogP contribution >= 0.6 is 27.5 Å². The summed E-state index contributed by atoms with van der Waals surface area (Å²) in [5.41, 5.74) is 2.98. The molecule has 0 aliphatic rings. The van der Waals surface area contributed by atoms with Crippen LogP contribution in [0.15, 0.2) is 18.2 Å². The van der Waals surface area contributed by atoms with Crippen molar-refractivity contribution in [1.82, 2.24) is 0 Å². The minimum absolute atomic E-state index is 0.304. The van der Waals surface area contributed by atoms with Gasteiger partial charge in [0.1, 0.15) is 0 Å². The van der Waals surface area contributed by atoms with Gasteiger partial charge < -0.3 is 0 Å². The molecule has 0 aliphatic heterocycles. The lowest BCUT2D eigenvalue weighted by molar-refractivity contribution is 0.424. The summed E-state index contributed by atoms with van der Waals surface area (Å²) in [5, 5.41) is 1.84. The minimum Gasteiger partial charge on any atom is -0.0922 e. The quantitative estimate of drug-likeness (QED) is 0.707. The second kappa shape index (κ2) is 4.67. The molecule has 0 saturated carbocycles. The first kappa shape index (κ1) is 12.1. The maximum Gasteiger partial charge on any atom is 0.0408 e. The summed E-state index contributed by atoms with van der Waals surface area (Å²) in [6, 6.07) is 6.12. The summed E-state index contributed by atoms with van der Waals surface area (Å²) in [5.74, 6) is 0. The molecule has 1 rings (SSSR count). The zero-order chi connectivity index (χ0) is 10.8. The SMILES string of the molecule is Cc1cc(Cl)ccc1CC(C)(C)CBr. The second-order valence-corrected chi connectivity index (χ2v) is 5.54. The molecule has 0 spiro atoms. The van der Waals surface area contributed by atoms with Gasteiger partial charge in [-0.1, -0.05) is 47.4 Å². The van der Waals surface area contributed by atoms with E-state index in [0.29, 0.717) is 5.41 Å². The summed E-state index contributed by atoms with van der Waals surface area (Å²) in [7, 11) is 0. The molecular weight excluding hydrogens is 259 g/mol. The van der Waals surface area contributed by atoms with Crippen LogP contribution in [-0.2, 0) is 6.42 Å². The van der Waals surface area contributed by atoms with Gasteiger partial charge in [-0.15, -0.1) is 0 Å². The highest BCUT2D eigenvalue weighted by Crippen LogP contribution is 2.26. The van der Waals surface area contributed by atoms with Gasteiger partial charge in [0.15, 0.2) is 0 Å². The van der Waals surface area contributed by atoms with Gasteiger partial charge in [-0.3, -0.25) is 0 Å². The number of halogens is 2. The van der Waals surface area contributed by atoms with E-state index >= 15 is 0 Å². The number of alkyl halides is 1. The Morgan fingerprint density at radius 3 is 2.50 bits per heavy atom. The Bertz CT molecular complexity index is 318. The number of hydrogen-bond donors (Lipinski definition) is 0. The maximum atomic E-state index is 5.91. The highest BCUT2D eigenvalue weighted by molar-refractivity contribution is 9.09. The third-order valence-corrected chi connectivity index (χ3v) is 4.09. The van der Waals surface area contributed by atoms with Crippen molar-refractivity contribution in [3.8, 4) is 0 Å². The fourth-order valence-corrected chi connectivity index (χ4v) is 1.85. The summed E-state index contributed by atoms with van der Waals surface area (Å²) in [4.78, 5) is 0. The van der Waals surface area contributed by atoms with Gasteiger partial charge in [0.2, 0.25) is 0 Å². The van der Waals surface area contributed by atoms with E-state index in [1.54, 1.807) is 0 Å². The third-order valence-electron chi connectivity index (χ3n) is 2.34. The van der Waals surface area contributed by atoms with Crippen LogP contribution < -0.4 is 0 Å². The first-order chi connectivity index (χ1) is 6.44. The zero-order valence-electron chi connectivity index (χ0n) is 8.90. The van der Waals surface area contributed by atoms with Crippen LogP contribution in [0.5, 0.6) is 0 Å². The van der Waals surface area contributed by atoms with Crippen LogP contribution in [0.1, 0.15) is 25.0 Å². The van der Waals surface area contributed by atoms with E-state index in [1.807, 2.05) is 12.1 Å². The highest BCUT2D eigenvalue weighted by atomic mass is 79.9. The van der Waals surface area contributed by atoms with Gasteiger partial charge in [0, 0.05) is 10.4 Å². The lowest BCUT2D eigenvalue weighted by Crippen LogP contribution is -2.17. The van der Waals surface area contributed by atoms with Crippen molar-refractivity contribution in [2.45, 2.75) is 27.2 Å².